The molecule has 1 amide bonds. The topological polar surface area (TPSA) is 81.1 Å². The summed E-state index contributed by atoms with van der Waals surface area (Å²) in [6, 6.07) is 10.6. The third-order valence-electron chi connectivity index (χ3n) is 4.81. The number of aromatic nitrogens is 2. The number of fused-ring (bicyclic) bond motifs is 1. The molecule has 0 spiro atoms. The first-order valence-electron chi connectivity index (χ1n) is 9.66. The number of carbonyl (C=O) groups excluding carboxylic acids is 1. The Morgan fingerprint density at radius 1 is 1.20 bits per heavy atom. The molecule has 1 N–H and O–H groups in total. The number of sulfonamides is 1. The number of unbranched alkanes of at least 4 members (excludes halogenated alkanes) is 2. The fourth-order valence-electron chi connectivity index (χ4n) is 3.20. The maximum Gasteiger partial charge on any atom is 0.264 e. The van der Waals surface area contributed by atoms with E-state index < -0.39 is 15.9 Å². The molecule has 0 saturated carbocycles. The molecule has 3 aromatic rings. The summed E-state index contributed by atoms with van der Waals surface area (Å²) in [6.07, 6.45) is 2.24. The van der Waals surface area contributed by atoms with Crippen LogP contribution in [0.5, 0.6) is 0 Å². The van der Waals surface area contributed by atoms with Crippen LogP contribution in [0.3, 0.4) is 0 Å². The van der Waals surface area contributed by atoms with Gasteiger partial charge in [0.2, 0.25) is 10.0 Å². The number of rotatable bonds is 8. The van der Waals surface area contributed by atoms with Gasteiger partial charge in [-0.15, -0.1) is 0 Å². The van der Waals surface area contributed by atoms with Crippen molar-refractivity contribution < 1.29 is 13.2 Å². The van der Waals surface area contributed by atoms with Gasteiger partial charge in [-0.1, -0.05) is 53.4 Å². The molecule has 0 aliphatic carbocycles. The monoisotopic (exact) mass is 511 g/mol. The van der Waals surface area contributed by atoms with Crippen LogP contribution in [0.25, 0.3) is 11.0 Å². The quantitative estimate of drug-likeness (QED) is 0.428. The highest BCUT2D eigenvalue weighted by Gasteiger charge is 2.18. The van der Waals surface area contributed by atoms with Crippen molar-refractivity contribution in [3.05, 3.63) is 62.8 Å². The smallest absolute Gasteiger partial charge is 0.264 e. The third kappa shape index (κ3) is 5.42. The Bertz CT molecular complexity index is 1190. The molecule has 6 nitrogen and oxygen atoms in total. The Morgan fingerprint density at radius 2 is 1.97 bits per heavy atom. The van der Waals surface area contributed by atoms with E-state index in [-0.39, 0.29) is 11.3 Å². The number of nitrogens with zero attached hydrogens (tertiary/aromatic N) is 2. The van der Waals surface area contributed by atoms with Gasteiger partial charge in [0.05, 0.1) is 23.3 Å². The third-order valence-corrected chi connectivity index (χ3v) is 6.98. The van der Waals surface area contributed by atoms with Crippen LogP contribution in [0.1, 0.15) is 47.9 Å². The molecule has 1 aromatic heterocycles. The number of halogens is 2. The Morgan fingerprint density at radius 3 is 2.67 bits per heavy atom. The van der Waals surface area contributed by atoms with Gasteiger partial charge in [-0.05, 0) is 49.2 Å². The van der Waals surface area contributed by atoms with Crippen LogP contribution in [-0.2, 0) is 16.6 Å². The molecule has 0 aliphatic rings. The van der Waals surface area contributed by atoms with E-state index in [0.29, 0.717) is 18.0 Å². The van der Waals surface area contributed by atoms with Crippen LogP contribution in [0.4, 0.5) is 0 Å². The lowest BCUT2D eigenvalue weighted by molar-refractivity contribution is 0.0981. The number of hydrogen-bond donors (Lipinski definition) is 1. The summed E-state index contributed by atoms with van der Waals surface area (Å²) in [5, 5.41) is 0.623. The molecule has 0 bridgehead atoms. The molecule has 0 aliphatic heterocycles. The Kier molecular flexibility index (Phi) is 7.21. The van der Waals surface area contributed by atoms with E-state index in [1.807, 2.05) is 36.6 Å². The van der Waals surface area contributed by atoms with Crippen LogP contribution in [-0.4, -0.2) is 29.6 Å². The molecule has 30 heavy (non-hydrogen) atoms. The van der Waals surface area contributed by atoms with Gasteiger partial charge in [-0.2, -0.15) is 0 Å². The van der Waals surface area contributed by atoms with E-state index in [9.17, 15) is 13.2 Å². The Balaban J connectivity index is 1.88. The fraction of sp³-hybridized carbons (Fsp3) is 0.333. The van der Waals surface area contributed by atoms with E-state index in [4.69, 9.17) is 11.6 Å². The minimum atomic E-state index is -3.66. The molecule has 0 unspecified atom stereocenters. The average molecular weight is 513 g/mol. The summed E-state index contributed by atoms with van der Waals surface area (Å²) in [5.41, 5.74) is 2.64. The normalized spacial score (nSPS) is 11.7. The lowest BCUT2D eigenvalue weighted by atomic mass is 10.2. The zero-order valence-corrected chi connectivity index (χ0v) is 19.9. The second-order valence-electron chi connectivity index (χ2n) is 7.14. The number of amides is 1. The van der Waals surface area contributed by atoms with Gasteiger partial charge in [0, 0.05) is 15.1 Å². The SMILES string of the molecule is CCCCCS(=O)(=O)NC(=O)c1ccc2nc(C)n(Cc3ccc(Br)cc3Cl)c2c1. The van der Waals surface area contributed by atoms with Crippen LogP contribution < -0.4 is 4.72 Å². The van der Waals surface area contributed by atoms with Crippen LogP contribution in [0, 0.1) is 6.92 Å². The lowest BCUT2D eigenvalue weighted by Gasteiger charge is -2.10. The molecule has 1 heterocycles. The fourth-order valence-corrected chi connectivity index (χ4v) is 5.02. The summed E-state index contributed by atoms with van der Waals surface area (Å²) >= 11 is 9.76. The molecule has 0 saturated heterocycles. The number of aryl methyl sites for hydroxylation is 1. The van der Waals surface area contributed by atoms with Crippen molar-refractivity contribution >= 4 is 54.5 Å². The number of hydrogen-bond acceptors (Lipinski definition) is 4. The average Bonchev–Trinajstić information content (AvgIpc) is 2.98. The van der Waals surface area contributed by atoms with Gasteiger partial charge in [-0.25, -0.2) is 18.1 Å². The van der Waals surface area contributed by atoms with E-state index in [2.05, 4.69) is 25.6 Å². The van der Waals surface area contributed by atoms with Crippen LogP contribution in [0.2, 0.25) is 5.02 Å². The van der Waals surface area contributed by atoms with E-state index in [1.54, 1.807) is 18.2 Å². The van der Waals surface area contributed by atoms with Gasteiger partial charge >= 0.3 is 0 Å². The highest BCUT2D eigenvalue weighted by atomic mass is 79.9. The molecular formula is C21H23BrClN3O3S. The van der Waals surface area contributed by atoms with E-state index in [1.165, 1.54) is 0 Å². The summed E-state index contributed by atoms with van der Waals surface area (Å²) in [4.78, 5) is 17.1. The molecule has 3 rings (SSSR count). The van der Waals surface area contributed by atoms with Crippen molar-refractivity contribution in [2.45, 2.75) is 39.7 Å². The van der Waals surface area contributed by atoms with Crippen molar-refractivity contribution in [1.82, 2.24) is 14.3 Å². The van der Waals surface area contributed by atoms with Gasteiger partial charge in [0.25, 0.3) is 5.91 Å². The molecule has 9 heteroatoms. The maximum atomic E-state index is 12.6. The van der Waals surface area contributed by atoms with Crippen molar-refractivity contribution in [2.75, 3.05) is 5.75 Å². The summed E-state index contributed by atoms with van der Waals surface area (Å²) in [7, 11) is -3.66. The molecule has 2 aromatic carbocycles. The van der Waals surface area contributed by atoms with Gasteiger partial charge < -0.3 is 4.57 Å². The van der Waals surface area contributed by atoms with Crippen molar-refractivity contribution in [2.24, 2.45) is 0 Å². The Labute approximate surface area is 189 Å². The second-order valence-corrected chi connectivity index (χ2v) is 10.3. The summed E-state index contributed by atoms with van der Waals surface area (Å²) < 4.78 is 29.3. The maximum absolute atomic E-state index is 12.6. The molecular weight excluding hydrogens is 490 g/mol. The number of imidazole rings is 1. The van der Waals surface area contributed by atoms with Crippen molar-refractivity contribution in [1.29, 1.82) is 0 Å². The highest BCUT2D eigenvalue weighted by molar-refractivity contribution is 9.10. The predicted molar refractivity (Wildman–Crippen MR) is 124 cm³/mol. The second kappa shape index (κ2) is 9.49. The number of benzene rings is 2. The van der Waals surface area contributed by atoms with E-state index in [0.717, 1.165) is 39.7 Å². The van der Waals surface area contributed by atoms with Crippen LogP contribution in [0.15, 0.2) is 40.9 Å². The first-order chi connectivity index (χ1) is 14.2. The minimum absolute atomic E-state index is 0.0616. The number of carbonyl (C=O) groups is 1. The summed E-state index contributed by atoms with van der Waals surface area (Å²) in [6.45, 7) is 4.35. The van der Waals surface area contributed by atoms with Crippen molar-refractivity contribution in [3.63, 3.8) is 0 Å². The van der Waals surface area contributed by atoms with Gasteiger partial charge in [0.1, 0.15) is 5.82 Å². The first kappa shape index (κ1) is 22.8. The minimum Gasteiger partial charge on any atom is -0.324 e. The molecule has 0 fully saturated rings. The largest absolute Gasteiger partial charge is 0.324 e. The lowest BCUT2D eigenvalue weighted by Crippen LogP contribution is -2.32. The standard InChI is InChI=1S/C21H23BrClN3O3S/c1-3-4-5-10-30(28,29)25-21(27)15-7-9-19-20(11-15)26(14(2)24-19)13-16-6-8-17(22)12-18(16)23/h6-9,11-12H,3-5,10,13H2,1-2H3,(H,25,27). The highest BCUT2D eigenvalue weighted by Crippen LogP contribution is 2.25. The molecule has 0 atom stereocenters. The summed E-state index contributed by atoms with van der Waals surface area (Å²) in [5.74, 6) is 0.0719. The Hall–Kier alpha value is -1.90. The zero-order valence-electron chi connectivity index (χ0n) is 16.8. The first-order valence-corrected chi connectivity index (χ1v) is 12.5. The molecule has 160 valence electrons. The molecule has 0 radical (unpaired) electrons. The van der Waals surface area contributed by atoms with E-state index >= 15 is 0 Å². The zero-order chi connectivity index (χ0) is 21.9. The van der Waals surface area contributed by atoms with Crippen LogP contribution >= 0.6 is 27.5 Å². The number of nitrogens with one attached hydrogen (secondary N) is 1. The predicted octanol–water partition coefficient (Wildman–Crippen LogP) is 5.06. The van der Waals surface area contributed by atoms with Gasteiger partial charge in [0.15, 0.2) is 0 Å². The van der Waals surface area contributed by atoms with Gasteiger partial charge in [-0.3, -0.25) is 4.79 Å². The van der Waals surface area contributed by atoms with Crippen molar-refractivity contribution in [3.8, 4) is 0 Å².